The lowest BCUT2D eigenvalue weighted by Crippen LogP contribution is -1.96. The Bertz CT molecular complexity index is 498. The van der Waals surface area contributed by atoms with E-state index >= 15 is 0 Å². The number of rotatable bonds is 2. The van der Waals surface area contributed by atoms with Crippen LogP contribution in [0.3, 0.4) is 0 Å². The zero-order valence-electron chi connectivity index (χ0n) is 12.5. The fraction of sp³-hybridized carbons (Fsp3) is 0.471. The monoisotopic (exact) mass is 243 g/mol. The van der Waals surface area contributed by atoms with E-state index < -0.39 is 0 Å². The number of fused-ring (bicyclic) bond motifs is 1. The molecule has 2 rings (SSSR count). The van der Waals surface area contributed by atoms with Gasteiger partial charge in [0.05, 0.1) is 5.52 Å². The van der Waals surface area contributed by atoms with Gasteiger partial charge in [0.25, 0.3) is 0 Å². The molecule has 0 aliphatic rings. The van der Waals surface area contributed by atoms with Crippen molar-refractivity contribution in [3.8, 4) is 0 Å². The molecular formula is C17H25N. The van der Waals surface area contributed by atoms with Crippen LogP contribution in [0.15, 0.2) is 30.5 Å². The molecule has 1 heteroatoms. The third-order valence-electron chi connectivity index (χ3n) is 3.05. The van der Waals surface area contributed by atoms with Gasteiger partial charge in [-0.25, -0.2) is 0 Å². The summed E-state index contributed by atoms with van der Waals surface area (Å²) in [5.74, 6) is 1.10. The summed E-state index contributed by atoms with van der Waals surface area (Å²) in [5.41, 5.74) is 3.92. The molecule has 1 nitrogen and oxygen atoms in total. The Morgan fingerprint density at radius 3 is 2.17 bits per heavy atom. The third kappa shape index (κ3) is 3.10. The second-order valence-corrected chi connectivity index (χ2v) is 4.99. The van der Waals surface area contributed by atoms with Crippen molar-refractivity contribution in [2.24, 2.45) is 0 Å². The van der Waals surface area contributed by atoms with Gasteiger partial charge in [-0.05, 0) is 35.1 Å². The van der Waals surface area contributed by atoms with E-state index in [1.165, 1.54) is 16.5 Å². The van der Waals surface area contributed by atoms with E-state index in [-0.39, 0.29) is 0 Å². The van der Waals surface area contributed by atoms with Crippen LogP contribution >= 0.6 is 0 Å². The molecule has 2 aromatic rings. The summed E-state index contributed by atoms with van der Waals surface area (Å²) in [6.45, 7) is 12.9. The molecule has 1 heterocycles. The standard InChI is InChI=1S/C15H19N.C2H6/c1-10(2)13-8-12-6-5-7-16-15(12)14(9-13)11(3)4;1-2/h5-11H,1-4H3;1-2H3. The first-order chi connectivity index (χ1) is 8.59. The van der Waals surface area contributed by atoms with Crippen LogP contribution in [0.25, 0.3) is 10.9 Å². The molecule has 0 atom stereocenters. The Balaban J connectivity index is 0.000000771. The van der Waals surface area contributed by atoms with Gasteiger partial charge in [0.15, 0.2) is 0 Å². The number of hydrogen-bond acceptors (Lipinski definition) is 1. The van der Waals surface area contributed by atoms with Crippen LogP contribution in [0.1, 0.15) is 64.5 Å². The lowest BCUT2D eigenvalue weighted by Gasteiger charge is -2.14. The van der Waals surface area contributed by atoms with E-state index in [2.05, 4.69) is 50.9 Å². The molecule has 0 bridgehead atoms. The minimum absolute atomic E-state index is 0.524. The Morgan fingerprint density at radius 1 is 0.944 bits per heavy atom. The summed E-state index contributed by atoms with van der Waals surface area (Å²) in [5, 5.41) is 1.26. The zero-order valence-corrected chi connectivity index (χ0v) is 12.5. The SMILES string of the molecule is CC.CC(C)c1cc(C(C)C)c2ncccc2c1. The average molecular weight is 243 g/mol. The van der Waals surface area contributed by atoms with Crippen LogP contribution in [-0.2, 0) is 0 Å². The van der Waals surface area contributed by atoms with Crippen molar-refractivity contribution in [2.45, 2.75) is 53.4 Å². The van der Waals surface area contributed by atoms with Gasteiger partial charge in [0.1, 0.15) is 0 Å². The van der Waals surface area contributed by atoms with Crippen LogP contribution in [0.4, 0.5) is 0 Å². The zero-order chi connectivity index (χ0) is 13.7. The molecule has 0 amide bonds. The molecule has 0 saturated carbocycles. The molecule has 1 aromatic carbocycles. The maximum absolute atomic E-state index is 4.50. The van der Waals surface area contributed by atoms with Crippen molar-refractivity contribution >= 4 is 10.9 Å². The van der Waals surface area contributed by atoms with Gasteiger partial charge in [0, 0.05) is 11.6 Å². The number of benzene rings is 1. The predicted molar refractivity (Wildman–Crippen MR) is 81.3 cm³/mol. The van der Waals surface area contributed by atoms with Gasteiger partial charge in [-0.15, -0.1) is 0 Å². The van der Waals surface area contributed by atoms with Gasteiger partial charge < -0.3 is 0 Å². The molecular weight excluding hydrogens is 218 g/mol. The fourth-order valence-corrected chi connectivity index (χ4v) is 2.02. The highest BCUT2D eigenvalue weighted by atomic mass is 14.6. The lowest BCUT2D eigenvalue weighted by atomic mass is 9.93. The highest BCUT2D eigenvalue weighted by Crippen LogP contribution is 2.28. The van der Waals surface area contributed by atoms with E-state index in [9.17, 15) is 0 Å². The topological polar surface area (TPSA) is 12.9 Å². The Morgan fingerprint density at radius 2 is 1.61 bits per heavy atom. The van der Waals surface area contributed by atoms with E-state index in [1.54, 1.807) is 0 Å². The first-order valence-electron chi connectivity index (χ1n) is 6.98. The molecule has 0 aliphatic heterocycles. The number of pyridine rings is 1. The van der Waals surface area contributed by atoms with Gasteiger partial charge in [-0.3, -0.25) is 4.98 Å². The molecule has 0 unspecified atom stereocenters. The summed E-state index contributed by atoms with van der Waals surface area (Å²) in [7, 11) is 0. The fourth-order valence-electron chi connectivity index (χ4n) is 2.02. The molecule has 0 spiro atoms. The number of hydrogen-bond donors (Lipinski definition) is 0. The quantitative estimate of drug-likeness (QED) is 0.678. The van der Waals surface area contributed by atoms with E-state index in [0.29, 0.717) is 11.8 Å². The van der Waals surface area contributed by atoms with Gasteiger partial charge in [-0.2, -0.15) is 0 Å². The van der Waals surface area contributed by atoms with Crippen LogP contribution in [-0.4, -0.2) is 4.98 Å². The Labute approximate surface area is 111 Å². The highest BCUT2D eigenvalue weighted by molar-refractivity contribution is 5.83. The van der Waals surface area contributed by atoms with Gasteiger partial charge >= 0.3 is 0 Å². The van der Waals surface area contributed by atoms with Gasteiger partial charge in [0.2, 0.25) is 0 Å². The smallest absolute Gasteiger partial charge is 0.0736 e. The second-order valence-electron chi connectivity index (χ2n) is 4.99. The number of aromatic nitrogens is 1. The normalized spacial score (nSPS) is 10.7. The predicted octanol–water partition coefficient (Wildman–Crippen LogP) is 5.51. The largest absolute Gasteiger partial charge is 0.256 e. The van der Waals surface area contributed by atoms with Crippen molar-refractivity contribution in [1.29, 1.82) is 0 Å². The van der Waals surface area contributed by atoms with Gasteiger partial charge in [-0.1, -0.05) is 53.7 Å². The molecule has 0 N–H and O–H groups in total. The average Bonchev–Trinajstić information content (AvgIpc) is 2.39. The maximum atomic E-state index is 4.50. The van der Waals surface area contributed by atoms with Crippen molar-refractivity contribution in [3.63, 3.8) is 0 Å². The van der Waals surface area contributed by atoms with Crippen LogP contribution in [0, 0.1) is 0 Å². The maximum Gasteiger partial charge on any atom is 0.0736 e. The van der Waals surface area contributed by atoms with Crippen molar-refractivity contribution in [2.75, 3.05) is 0 Å². The van der Waals surface area contributed by atoms with Crippen LogP contribution in [0.2, 0.25) is 0 Å². The minimum atomic E-state index is 0.524. The third-order valence-corrected chi connectivity index (χ3v) is 3.05. The summed E-state index contributed by atoms with van der Waals surface area (Å²) in [6, 6.07) is 8.74. The molecule has 18 heavy (non-hydrogen) atoms. The van der Waals surface area contributed by atoms with Crippen molar-refractivity contribution in [1.82, 2.24) is 4.98 Å². The summed E-state index contributed by atoms with van der Waals surface area (Å²) >= 11 is 0. The molecule has 0 aliphatic carbocycles. The summed E-state index contributed by atoms with van der Waals surface area (Å²) in [4.78, 5) is 4.50. The summed E-state index contributed by atoms with van der Waals surface area (Å²) in [6.07, 6.45) is 1.88. The highest BCUT2D eigenvalue weighted by Gasteiger charge is 2.09. The Hall–Kier alpha value is -1.37. The van der Waals surface area contributed by atoms with E-state index in [4.69, 9.17) is 0 Å². The first-order valence-corrected chi connectivity index (χ1v) is 6.98. The molecule has 0 fully saturated rings. The van der Waals surface area contributed by atoms with E-state index in [0.717, 1.165) is 5.52 Å². The van der Waals surface area contributed by atoms with Crippen molar-refractivity contribution in [3.05, 3.63) is 41.6 Å². The lowest BCUT2D eigenvalue weighted by molar-refractivity contribution is 0.839. The molecule has 0 saturated heterocycles. The summed E-state index contributed by atoms with van der Waals surface area (Å²) < 4.78 is 0. The van der Waals surface area contributed by atoms with E-state index in [1.807, 2.05) is 26.1 Å². The number of nitrogens with zero attached hydrogens (tertiary/aromatic N) is 1. The molecule has 0 radical (unpaired) electrons. The van der Waals surface area contributed by atoms with Crippen LogP contribution in [0.5, 0.6) is 0 Å². The van der Waals surface area contributed by atoms with Crippen molar-refractivity contribution < 1.29 is 0 Å². The molecule has 98 valence electrons. The second kappa shape index (κ2) is 6.53. The molecule has 1 aromatic heterocycles. The van der Waals surface area contributed by atoms with Crippen LogP contribution < -0.4 is 0 Å². The minimum Gasteiger partial charge on any atom is -0.256 e. The first kappa shape index (κ1) is 14.7. The Kier molecular flexibility index (Phi) is 5.33.